The number of hydrogen-bond donors (Lipinski definition) is 6. The Kier molecular flexibility index (Phi) is 266. The van der Waals surface area contributed by atoms with Crippen molar-refractivity contribution in [2.24, 2.45) is 0 Å². The van der Waals surface area contributed by atoms with E-state index in [0.29, 0.717) is 0 Å². The molecule has 8 heteroatoms. The van der Waals surface area contributed by atoms with E-state index in [1.165, 1.54) is 0 Å². The van der Waals surface area contributed by atoms with Crippen LogP contribution in [0.25, 0.3) is 0 Å². The minimum absolute atomic E-state index is 1.00. The zero-order chi connectivity index (χ0) is 11.6. The summed E-state index contributed by atoms with van der Waals surface area (Å²) in [5.74, 6) is 0. The molecule has 0 aromatic heterocycles. The molecule has 0 atom stereocenters. The molecule has 0 aliphatic heterocycles. The van der Waals surface area contributed by atoms with Crippen molar-refractivity contribution in [2.75, 3.05) is 28.4 Å². The zero-order valence-electron chi connectivity index (χ0n) is 7.50. The summed E-state index contributed by atoms with van der Waals surface area (Å²) in [6.07, 6.45) is 0. The van der Waals surface area contributed by atoms with E-state index in [4.69, 9.17) is 30.5 Å². The molecule has 0 aromatic rings. The summed E-state index contributed by atoms with van der Waals surface area (Å²) in [6.45, 7) is 0. The van der Waals surface area contributed by atoms with Gasteiger partial charge in [-0.3, -0.25) is 0 Å². The second-order valence-corrected chi connectivity index (χ2v) is 1.55. The van der Waals surface area contributed by atoms with E-state index >= 15 is 0 Å². The van der Waals surface area contributed by atoms with Gasteiger partial charge in [-0.1, -0.05) is 0 Å². The van der Waals surface area contributed by atoms with Crippen molar-refractivity contribution in [3.05, 3.63) is 0 Å². The summed E-state index contributed by atoms with van der Waals surface area (Å²) >= 11 is -3.61. The summed E-state index contributed by atoms with van der Waals surface area (Å²) in [5, 5.41) is 28.0. The van der Waals surface area contributed by atoms with Gasteiger partial charge in [0.05, 0.1) is 0 Å². The molecule has 0 aromatic carbocycles. The number of hydrogen-bond acceptors (Lipinski definition) is 5. The Morgan fingerprint density at radius 1 is 0.667 bits per heavy atom. The first-order valence-corrected chi connectivity index (χ1v) is 5.36. The first-order valence-electron chi connectivity index (χ1n) is 2.32. The average Bonchev–Trinajstić information content (AvgIpc) is 2.16. The van der Waals surface area contributed by atoms with E-state index in [1.807, 2.05) is 0 Å². The third-order valence-electron chi connectivity index (χ3n) is 0. The van der Waals surface area contributed by atoms with Gasteiger partial charge in [-0.2, -0.15) is 0 Å². The van der Waals surface area contributed by atoms with Crippen LogP contribution in [-0.4, -0.2) is 76.2 Å². The third-order valence-corrected chi connectivity index (χ3v) is 0. The SMILES string of the molecule is CO.CO.CO.CO.O=[Te](O)O. The fourth-order valence-electron chi connectivity index (χ4n) is 0. The first kappa shape index (κ1) is 29.5. The standard InChI is InChI=1S/4CH4O.H2O3Te/c4*1-2;1-4(2)3/h4*2H,1H3;(H2,1,2,3). The van der Waals surface area contributed by atoms with Crippen LogP contribution in [0.5, 0.6) is 0 Å². The second-order valence-electron chi connectivity index (χ2n) is 0.231. The van der Waals surface area contributed by atoms with E-state index in [2.05, 4.69) is 0 Å². The quantitative estimate of drug-likeness (QED) is 0.259. The first-order chi connectivity index (χ1) is 5.73. The monoisotopic (exact) mass is 308 g/mol. The van der Waals surface area contributed by atoms with Gasteiger partial charge in [-0.05, 0) is 0 Å². The topological polar surface area (TPSA) is 138 Å². The molecule has 6 N–H and O–H groups in total. The van der Waals surface area contributed by atoms with Gasteiger partial charge in [0.1, 0.15) is 0 Å². The van der Waals surface area contributed by atoms with E-state index in [-0.39, 0.29) is 0 Å². The van der Waals surface area contributed by atoms with Crippen LogP contribution >= 0.6 is 0 Å². The predicted molar refractivity (Wildman–Crippen MR) is 43.4 cm³/mol. The molecule has 0 bridgehead atoms. The molecule has 12 heavy (non-hydrogen) atoms. The van der Waals surface area contributed by atoms with Crippen LogP contribution in [0.15, 0.2) is 0 Å². The van der Waals surface area contributed by atoms with Gasteiger partial charge >= 0.3 is 30.4 Å². The summed E-state index contributed by atoms with van der Waals surface area (Å²) < 4.78 is 23.3. The van der Waals surface area contributed by atoms with Crippen molar-refractivity contribution in [1.29, 1.82) is 0 Å². The molecule has 0 heterocycles. The van der Waals surface area contributed by atoms with Crippen LogP contribution in [0.1, 0.15) is 0 Å². The van der Waals surface area contributed by atoms with Gasteiger partial charge in [-0.25, -0.2) is 0 Å². The molecule has 0 unspecified atom stereocenters. The maximum atomic E-state index is 8.81. The van der Waals surface area contributed by atoms with Gasteiger partial charge in [0.15, 0.2) is 0 Å². The van der Waals surface area contributed by atoms with Gasteiger partial charge in [0.25, 0.3) is 0 Å². The molecule has 82 valence electrons. The average molecular weight is 306 g/mol. The Hall–Kier alpha value is 0.350. The molecule has 0 saturated heterocycles. The van der Waals surface area contributed by atoms with Crippen molar-refractivity contribution in [2.45, 2.75) is 0 Å². The Morgan fingerprint density at radius 2 is 0.667 bits per heavy atom. The minimum atomic E-state index is -3.61. The van der Waals surface area contributed by atoms with E-state index < -0.39 is 20.4 Å². The van der Waals surface area contributed by atoms with Crippen molar-refractivity contribution < 1.29 is 30.5 Å². The molecular formula is C4H18O7Te. The van der Waals surface area contributed by atoms with Crippen LogP contribution in [0.3, 0.4) is 0 Å². The van der Waals surface area contributed by atoms with Crippen molar-refractivity contribution >= 4 is 20.4 Å². The van der Waals surface area contributed by atoms with Crippen LogP contribution in [0.4, 0.5) is 0 Å². The number of rotatable bonds is 0. The van der Waals surface area contributed by atoms with Crippen molar-refractivity contribution in [3.63, 3.8) is 0 Å². The van der Waals surface area contributed by atoms with Crippen molar-refractivity contribution in [3.8, 4) is 0 Å². The fourth-order valence-corrected chi connectivity index (χ4v) is 0. The third kappa shape index (κ3) is 7400. The van der Waals surface area contributed by atoms with Crippen LogP contribution in [-0.2, 0) is 3.10 Å². The van der Waals surface area contributed by atoms with Gasteiger partial charge in [-0.15, -0.1) is 0 Å². The van der Waals surface area contributed by atoms with Gasteiger partial charge in [0.2, 0.25) is 0 Å². The molecule has 0 rings (SSSR count). The van der Waals surface area contributed by atoms with Gasteiger partial charge < -0.3 is 20.4 Å². The van der Waals surface area contributed by atoms with E-state index in [0.717, 1.165) is 28.4 Å². The normalized spacial score (nSPS) is 4.92. The fraction of sp³-hybridized carbons (Fsp3) is 1.00. The van der Waals surface area contributed by atoms with E-state index in [9.17, 15) is 0 Å². The Bertz CT molecular complexity index is 38.4. The maximum absolute atomic E-state index is 8.81. The summed E-state index contributed by atoms with van der Waals surface area (Å²) in [6, 6.07) is 0. The van der Waals surface area contributed by atoms with Crippen LogP contribution in [0.2, 0.25) is 0 Å². The number of aliphatic hydroxyl groups excluding tert-OH is 4. The molecule has 7 nitrogen and oxygen atoms in total. The predicted octanol–water partition coefficient (Wildman–Crippen LogP) is -3.18. The van der Waals surface area contributed by atoms with Crippen molar-refractivity contribution in [1.82, 2.24) is 0 Å². The molecule has 0 fully saturated rings. The van der Waals surface area contributed by atoms with Crippen LogP contribution < -0.4 is 0 Å². The molecule has 0 amide bonds. The Morgan fingerprint density at radius 3 is 0.667 bits per heavy atom. The summed E-state index contributed by atoms with van der Waals surface area (Å²) in [4.78, 5) is 0. The molecule has 0 aliphatic rings. The van der Waals surface area contributed by atoms with Crippen LogP contribution in [0, 0.1) is 0 Å². The summed E-state index contributed by atoms with van der Waals surface area (Å²) in [7, 11) is 4.00. The Labute approximate surface area is 79.6 Å². The molecule has 0 spiro atoms. The molecule has 0 radical (unpaired) electrons. The number of aliphatic hydroxyl groups is 4. The second kappa shape index (κ2) is 108. The molecular weight excluding hydrogens is 288 g/mol. The molecule has 0 saturated carbocycles. The van der Waals surface area contributed by atoms with Gasteiger partial charge in [0, 0.05) is 28.4 Å². The van der Waals surface area contributed by atoms with E-state index in [1.54, 1.807) is 0 Å². The Balaban J connectivity index is -0.0000000181. The zero-order valence-corrected chi connectivity index (χ0v) is 9.83. The summed E-state index contributed by atoms with van der Waals surface area (Å²) in [5.41, 5.74) is 0. The molecule has 0 aliphatic carbocycles.